The van der Waals surface area contributed by atoms with E-state index >= 15 is 0 Å². The van der Waals surface area contributed by atoms with E-state index in [1.807, 2.05) is 24.3 Å². The third kappa shape index (κ3) is 7.80. The molecule has 0 fully saturated rings. The predicted octanol–water partition coefficient (Wildman–Crippen LogP) is 16.5. The molecule has 0 saturated carbocycles. The summed E-state index contributed by atoms with van der Waals surface area (Å²) in [6.45, 7) is 0. The minimum atomic E-state index is 0.590. The van der Waals surface area contributed by atoms with Gasteiger partial charge in [0.25, 0.3) is 0 Å². The van der Waals surface area contributed by atoms with Crippen molar-refractivity contribution in [1.29, 1.82) is 0 Å². The molecule has 10 aromatic carbocycles. The lowest BCUT2D eigenvalue weighted by atomic mass is 9.73. The van der Waals surface area contributed by atoms with Gasteiger partial charge in [-0.25, -0.2) is 15.0 Å². The lowest BCUT2D eigenvalue weighted by molar-refractivity contribution is 1.07. The summed E-state index contributed by atoms with van der Waals surface area (Å²) in [4.78, 5) is 16.0. The summed E-state index contributed by atoms with van der Waals surface area (Å²) < 4.78 is 0. The van der Waals surface area contributed by atoms with Gasteiger partial charge in [-0.15, -0.1) is 0 Å². The second-order valence-corrected chi connectivity index (χ2v) is 16.2. The Bertz CT molecular complexity index is 3310. The van der Waals surface area contributed by atoms with E-state index < -0.39 is 0 Å². The fraction of sp³-hybridized carbons (Fsp3) is 0. The Morgan fingerprint density at radius 3 is 0.848 bits per heavy atom. The predicted molar refractivity (Wildman–Crippen MR) is 274 cm³/mol. The Balaban J connectivity index is 1.30. The number of aromatic nitrogens is 3. The Morgan fingerprint density at radius 2 is 0.439 bits per heavy atom. The number of hydrogen-bond donors (Lipinski definition) is 0. The van der Waals surface area contributed by atoms with Crippen LogP contribution in [0.15, 0.2) is 261 Å². The van der Waals surface area contributed by atoms with Crippen molar-refractivity contribution in [2.45, 2.75) is 0 Å². The molecule has 0 atom stereocenters. The molecule has 1 heterocycles. The molecule has 0 unspecified atom stereocenters. The summed E-state index contributed by atoms with van der Waals surface area (Å²) in [6.07, 6.45) is 0. The van der Waals surface area contributed by atoms with Gasteiger partial charge in [-0.3, -0.25) is 0 Å². The maximum atomic E-state index is 5.43. The topological polar surface area (TPSA) is 38.7 Å². The summed E-state index contributed by atoms with van der Waals surface area (Å²) >= 11 is 0. The van der Waals surface area contributed by atoms with Gasteiger partial charge in [0, 0.05) is 16.7 Å². The second kappa shape index (κ2) is 18.1. The molecule has 11 aromatic rings. The van der Waals surface area contributed by atoms with E-state index in [0.29, 0.717) is 17.5 Å². The molecule has 0 spiro atoms. The third-order valence-corrected chi connectivity index (χ3v) is 12.1. The summed E-state index contributed by atoms with van der Waals surface area (Å²) in [5.74, 6) is 1.80. The molecule has 0 aliphatic rings. The van der Waals surface area contributed by atoms with Gasteiger partial charge in [0.05, 0.1) is 0 Å². The first kappa shape index (κ1) is 40.0. The second-order valence-electron chi connectivity index (χ2n) is 16.2. The molecule has 310 valence electrons. The van der Waals surface area contributed by atoms with Crippen molar-refractivity contribution in [1.82, 2.24) is 15.0 Å². The van der Waals surface area contributed by atoms with E-state index in [9.17, 15) is 0 Å². The highest BCUT2D eigenvalue weighted by molar-refractivity contribution is 6.16. The maximum absolute atomic E-state index is 5.43. The van der Waals surface area contributed by atoms with Crippen LogP contribution in [0.5, 0.6) is 0 Å². The monoisotopic (exact) mass is 841 g/mol. The van der Waals surface area contributed by atoms with Gasteiger partial charge in [0.15, 0.2) is 17.5 Å². The Hall–Kier alpha value is -8.79. The van der Waals surface area contributed by atoms with Crippen LogP contribution in [0, 0.1) is 0 Å². The average molecular weight is 842 g/mol. The fourth-order valence-corrected chi connectivity index (χ4v) is 9.19. The van der Waals surface area contributed by atoms with Crippen molar-refractivity contribution < 1.29 is 0 Å². The lowest BCUT2D eigenvalue weighted by Gasteiger charge is -2.29. The zero-order valence-corrected chi connectivity index (χ0v) is 36.2. The van der Waals surface area contributed by atoms with Crippen LogP contribution >= 0.6 is 0 Å². The average Bonchev–Trinajstić information content (AvgIpc) is 3.41. The zero-order chi connectivity index (χ0) is 44.1. The van der Waals surface area contributed by atoms with Gasteiger partial charge in [0.1, 0.15) is 0 Å². The van der Waals surface area contributed by atoms with Crippen LogP contribution in [0.1, 0.15) is 0 Å². The van der Waals surface area contributed by atoms with Gasteiger partial charge in [0.2, 0.25) is 0 Å². The van der Waals surface area contributed by atoms with E-state index in [-0.39, 0.29) is 0 Å². The Labute approximate surface area is 386 Å². The smallest absolute Gasteiger partial charge is 0.164 e. The van der Waals surface area contributed by atoms with Crippen LogP contribution in [0.4, 0.5) is 0 Å². The van der Waals surface area contributed by atoms with Crippen LogP contribution < -0.4 is 0 Å². The molecule has 66 heavy (non-hydrogen) atoms. The third-order valence-electron chi connectivity index (χ3n) is 12.1. The minimum Gasteiger partial charge on any atom is -0.208 e. The maximum Gasteiger partial charge on any atom is 0.164 e. The fourth-order valence-electron chi connectivity index (χ4n) is 9.19. The van der Waals surface area contributed by atoms with Crippen LogP contribution in [0.25, 0.3) is 112 Å². The van der Waals surface area contributed by atoms with E-state index in [1.54, 1.807) is 0 Å². The van der Waals surface area contributed by atoms with E-state index in [2.05, 4.69) is 237 Å². The van der Waals surface area contributed by atoms with Crippen LogP contribution in [-0.4, -0.2) is 15.0 Å². The highest BCUT2D eigenvalue weighted by Crippen LogP contribution is 2.56. The van der Waals surface area contributed by atoms with Crippen molar-refractivity contribution >= 4 is 0 Å². The first-order valence-electron chi connectivity index (χ1n) is 22.4. The number of rotatable bonds is 10. The molecule has 11 rings (SSSR count). The summed E-state index contributed by atoms with van der Waals surface area (Å²) in [7, 11) is 0. The van der Waals surface area contributed by atoms with E-state index in [4.69, 9.17) is 15.0 Å². The van der Waals surface area contributed by atoms with Gasteiger partial charge in [-0.2, -0.15) is 0 Å². The summed E-state index contributed by atoms with van der Waals surface area (Å²) in [5, 5.41) is 0. The van der Waals surface area contributed by atoms with E-state index in [1.165, 1.54) is 5.56 Å². The highest BCUT2D eigenvalue weighted by atomic mass is 15.0. The molecule has 0 radical (unpaired) electrons. The van der Waals surface area contributed by atoms with Gasteiger partial charge < -0.3 is 0 Å². The molecular weight excluding hydrogens is 799 g/mol. The molecule has 3 heteroatoms. The summed E-state index contributed by atoms with van der Waals surface area (Å²) in [6, 6.07) is 92.2. The first-order valence-corrected chi connectivity index (χ1v) is 22.4. The molecule has 0 amide bonds. The number of hydrogen-bond acceptors (Lipinski definition) is 3. The van der Waals surface area contributed by atoms with Crippen molar-refractivity contribution in [3.8, 4) is 112 Å². The molecule has 0 aliphatic carbocycles. The Kier molecular flexibility index (Phi) is 11.0. The Morgan fingerprint density at radius 1 is 0.167 bits per heavy atom. The van der Waals surface area contributed by atoms with Crippen LogP contribution in [-0.2, 0) is 0 Å². The minimum absolute atomic E-state index is 0.590. The van der Waals surface area contributed by atoms with Crippen LogP contribution in [0.3, 0.4) is 0 Å². The molecule has 0 N–H and O–H groups in total. The molecule has 3 nitrogen and oxygen atoms in total. The van der Waals surface area contributed by atoms with Gasteiger partial charge in [-0.1, -0.05) is 255 Å². The molecule has 1 aromatic heterocycles. The first-order chi connectivity index (χ1) is 32.8. The lowest BCUT2D eigenvalue weighted by Crippen LogP contribution is -2.04. The quantitative estimate of drug-likeness (QED) is 0.138. The number of nitrogens with zero attached hydrogens (tertiary/aromatic N) is 3. The van der Waals surface area contributed by atoms with Crippen molar-refractivity contribution in [2.75, 3.05) is 0 Å². The zero-order valence-electron chi connectivity index (χ0n) is 36.2. The van der Waals surface area contributed by atoms with Crippen molar-refractivity contribution in [3.05, 3.63) is 261 Å². The largest absolute Gasteiger partial charge is 0.208 e. The van der Waals surface area contributed by atoms with Gasteiger partial charge >= 0.3 is 0 Å². The van der Waals surface area contributed by atoms with Crippen molar-refractivity contribution in [2.24, 2.45) is 0 Å². The number of benzene rings is 10. The molecule has 0 aliphatic heterocycles. The highest BCUT2D eigenvalue weighted by Gasteiger charge is 2.30. The molecule has 0 saturated heterocycles. The molecule has 0 bridgehead atoms. The SMILES string of the molecule is c1ccc(-c2cccc(-c3nc(-c4ccccc4)nc(-c4ccccc4-c4c(-c5ccccc5)c(-c5ccccc5)c(-c5ccccc5)c(-c5ccccc5)c4-c4ccccc4)n3)c2)cc1. The molecular formula is C63H43N3. The van der Waals surface area contributed by atoms with Crippen LogP contribution in [0.2, 0.25) is 0 Å². The van der Waals surface area contributed by atoms with Crippen molar-refractivity contribution in [3.63, 3.8) is 0 Å². The standard InChI is InChI=1S/C63H43N3/c1-8-25-44(26-9-1)51-39-24-40-52(43-51)62-64-61(50-37-20-7-21-38-50)65-63(66-62)54-42-23-22-41-53(54)60-58(48-33-16-5-17-34-48)56(46-29-12-3-13-30-46)55(45-27-10-2-11-28-45)57(47-31-14-4-15-32-47)59(60)49-35-18-6-19-36-49/h1-43H. The summed E-state index contributed by atoms with van der Waals surface area (Å²) in [5.41, 5.74) is 18.4. The van der Waals surface area contributed by atoms with E-state index in [0.717, 1.165) is 89.0 Å². The van der Waals surface area contributed by atoms with Gasteiger partial charge in [-0.05, 0) is 84.0 Å². The normalized spacial score (nSPS) is 11.0.